The van der Waals surface area contributed by atoms with Gasteiger partial charge in [0.2, 0.25) is 0 Å². The zero-order valence-electron chi connectivity index (χ0n) is 17.0. The highest BCUT2D eigenvalue weighted by atomic mass is 35.5. The maximum atomic E-state index is 12.5. The van der Waals surface area contributed by atoms with Crippen molar-refractivity contribution in [1.29, 1.82) is 5.41 Å². The second-order valence-electron chi connectivity index (χ2n) is 7.07. The van der Waals surface area contributed by atoms with Gasteiger partial charge in [0.05, 0.1) is 22.3 Å². The summed E-state index contributed by atoms with van der Waals surface area (Å²) < 4.78 is 4.90. The molecule has 1 aromatic rings. The molecule has 9 heteroatoms. The normalized spacial score (nSPS) is 16.1. The number of carbonyl (C=O) groups is 2. The number of amides is 1. The highest BCUT2D eigenvalue weighted by molar-refractivity contribution is 6.42. The molecule has 2 rings (SSSR count). The van der Waals surface area contributed by atoms with Crippen LogP contribution in [0.2, 0.25) is 10.0 Å². The summed E-state index contributed by atoms with van der Waals surface area (Å²) >= 11 is 12.0. The highest BCUT2D eigenvalue weighted by Gasteiger charge is 2.24. The molecular weight excluding hydrogens is 427 g/mol. The standard InChI is InChI=1S/C21H28Cl2N4O3/c1-14(28)30-10-6-4-2-3-5-7-16-19(12-24)26-21(27-20(16)29)25-13-15-8-9-17(22)18(23)11-15/h8-9,11-12,21,24-26H,2-7,10,13H2,1H3,(H,27,29). The summed E-state index contributed by atoms with van der Waals surface area (Å²) in [5.41, 5.74) is 2.05. The van der Waals surface area contributed by atoms with Gasteiger partial charge in [0.15, 0.2) is 6.29 Å². The maximum absolute atomic E-state index is 12.5. The van der Waals surface area contributed by atoms with Crippen LogP contribution in [0, 0.1) is 5.41 Å². The molecule has 1 heterocycles. The molecular formula is C21H28Cl2N4O3. The minimum absolute atomic E-state index is 0.172. The Balaban J connectivity index is 1.76. The minimum atomic E-state index is -0.478. The first-order chi connectivity index (χ1) is 14.4. The molecule has 0 aromatic heterocycles. The van der Waals surface area contributed by atoms with Crippen molar-refractivity contribution in [2.45, 2.75) is 58.3 Å². The molecule has 164 valence electrons. The Bertz CT molecular complexity index is 798. The minimum Gasteiger partial charge on any atom is -0.466 e. The number of benzene rings is 1. The van der Waals surface area contributed by atoms with E-state index in [9.17, 15) is 9.59 Å². The summed E-state index contributed by atoms with van der Waals surface area (Å²) in [5, 5.41) is 17.8. The van der Waals surface area contributed by atoms with Gasteiger partial charge in [0, 0.05) is 25.3 Å². The van der Waals surface area contributed by atoms with Crippen molar-refractivity contribution in [3.8, 4) is 0 Å². The van der Waals surface area contributed by atoms with Gasteiger partial charge >= 0.3 is 5.97 Å². The SMILES string of the molecule is CC(=O)OCCCCCCCC1=C(C=N)NC(NCc2ccc(Cl)c(Cl)c2)NC1=O. The van der Waals surface area contributed by atoms with Gasteiger partial charge in [-0.2, -0.15) is 0 Å². The lowest BCUT2D eigenvalue weighted by Gasteiger charge is -2.29. The third-order valence-electron chi connectivity index (χ3n) is 4.69. The zero-order valence-corrected chi connectivity index (χ0v) is 18.5. The Hall–Kier alpha value is -2.09. The number of hydrogen-bond donors (Lipinski definition) is 4. The maximum Gasteiger partial charge on any atom is 0.302 e. The number of hydrogen-bond acceptors (Lipinski definition) is 6. The lowest BCUT2D eigenvalue weighted by molar-refractivity contribution is -0.141. The first kappa shape index (κ1) is 24.2. The third kappa shape index (κ3) is 7.97. The van der Waals surface area contributed by atoms with Crippen LogP contribution in [0.5, 0.6) is 0 Å². The third-order valence-corrected chi connectivity index (χ3v) is 5.43. The van der Waals surface area contributed by atoms with E-state index in [2.05, 4.69) is 16.0 Å². The number of rotatable bonds is 12. The van der Waals surface area contributed by atoms with E-state index in [4.69, 9.17) is 33.3 Å². The number of ether oxygens (including phenoxy) is 1. The van der Waals surface area contributed by atoms with Crippen molar-refractivity contribution in [3.63, 3.8) is 0 Å². The molecule has 1 atom stereocenters. The summed E-state index contributed by atoms with van der Waals surface area (Å²) in [6.07, 6.45) is 5.98. The molecule has 1 amide bonds. The fraction of sp³-hybridized carbons (Fsp3) is 0.476. The molecule has 0 saturated carbocycles. The summed E-state index contributed by atoms with van der Waals surface area (Å²) in [4.78, 5) is 23.2. The summed E-state index contributed by atoms with van der Waals surface area (Å²) in [6.45, 7) is 2.34. The van der Waals surface area contributed by atoms with Crippen LogP contribution in [-0.2, 0) is 20.9 Å². The Kier molecular flexibility index (Phi) is 10.1. The van der Waals surface area contributed by atoms with Crippen molar-refractivity contribution in [2.24, 2.45) is 0 Å². The Morgan fingerprint density at radius 2 is 1.90 bits per heavy atom. The molecule has 1 aromatic carbocycles. The second kappa shape index (κ2) is 12.6. The fourth-order valence-electron chi connectivity index (χ4n) is 3.12. The van der Waals surface area contributed by atoms with Crippen LogP contribution in [-0.4, -0.2) is 31.0 Å². The van der Waals surface area contributed by atoms with Crippen molar-refractivity contribution >= 4 is 41.3 Å². The van der Waals surface area contributed by atoms with Gasteiger partial charge in [-0.3, -0.25) is 14.9 Å². The molecule has 0 spiro atoms. The average molecular weight is 455 g/mol. The van der Waals surface area contributed by atoms with Gasteiger partial charge < -0.3 is 20.8 Å². The Morgan fingerprint density at radius 1 is 1.17 bits per heavy atom. The fourth-order valence-corrected chi connectivity index (χ4v) is 3.44. The summed E-state index contributed by atoms with van der Waals surface area (Å²) in [5.74, 6) is -0.421. The van der Waals surface area contributed by atoms with Crippen LogP contribution in [0.4, 0.5) is 0 Å². The van der Waals surface area contributed by atoms with Crippen molar-refractivity contribution < 1.29 is 14.3 Å². The van der Waals surface area contributed by atoms with Gasteiger partial charge in [-0.1, -0.05) is 48.5 Å². The second-order valence-corrected chi connectivity index (χ2v) is 7.89. The largest absolute Gasteiger partial charge is 0.466 e. The van der Waals surface area contributed by atoms with E-state index >= 15 is 0 Å². The molecule has 4 N–H and O–H groups in total. The van der Waals surface area contributed by atoms with Crippen LogP contribution >= 0.6 is 23.2 Å². The van der Waals surface area contributed by atoms with Crippen LogP contribution in [0.1, 0.15) is 51.0 Å². The van der Waals surface area contributed by atoms with Crippen LogP contribution < -0.4 is 16.0 Å². The molecule has 0 saturated heterocycles. The Labute approximate surface area is 187 Å². The quantitative estimate of drug-likeness (QED) is 0.218. The molecule has 0 fully saturated rings. The first-order valence-corrected chi connectivity index (χ1v) is 10.8. The molecule has 30 heavy (non-hydrogen) atoms. The van der Waals surface area contributed by atoms with E-state index in [-0.39, 0.29) is 11.9 Å². The van der Waals surface area contributed by atoms with Gasteiger partial charge in [0.1, 0.15) is 0 Å². The number of allylic oxidation sites excluding steroid dienone is 1. The van der Waals surface area contributed by atoms with Gasteiger partial charge in [-0.25, -0.2) is 0 Å². The summed E-state index contributed by atoms with van der Waals surface area (Å²) in [6, 6.07) is 5.36. The predicted molar refractivity (Wildman–Crippen MR) is 119 cm³/mol. The molecule has 1 aliphatic rings. The first-order valence-electron chi connectivity index (χ1n) is 10.0. The van der Waals surface area contributed by atoms with Crippen LogP contribution in [0.3, 0.4) is 0 Å². The Morgan fingerprint density at radius 3 is 2.60 bits per heavy atom. The van der Waals surface area contributed by atoms with Gasteiger partial charge in [-0.05, 0) is 37.0 Å². The lowest BCUT2D eigenvalue weighted by Crippen LogP contribution is -2.58. The summed E-state index contributed by atoms with van der Waals surface area (Å²) in [7, 11) is 0. The molecule has 0 bridgehead atoms. The van der Waals surface area contributed by atoms with Gasteiger partial charge in [-0.15, -0.1) is 0 Å². The smallest absolute Gasteiger partial charge is 0.302 e. The predicted octanol–water partition coefficient (Wildman–Crippen LogP) is 3.89. The zero-order chi connectivity index (χ0) is 21.9. The topological polar surface area (TPSA) is 103 Å². The van der Waals surface area contributed by atoms with E-state index in [1.165, 1.54) is 13.1 Å². The number of nitrogens with one attached hydrogen (secondary N) is 4. The molecule has 1 unspecified atom stereocenters. The van der Waals surface area contributed by atoms with Crippen molar-refractivity contribution in [3.05, 3.63) is 45.1 Å². The monoisotopic (exact) mass is 454 g/mol. The number of esters is 1. The van der Waals surface area contributed by atoms with E-state index in [0.29, 0.717) is 40.9 Å². The van der Waals surface area contributed by atoms with E-state index in [1.807, 2.05) is 6.07 Å². The number of unbranched alkanes of at least 4 members (excludes halogenated alkanes) is 4. The molecule has 0 radical (unpaired) electrons. The van der Waals surface area contributed by atoms with E-state index in [0.717, 1.165) is 37.7 Å². The molecule has 0 aliphatic carbocycles. The molecule has 7 nitrogen and oxygen atoms in total. The van der Waals surface area contributed by atoms with Crippen molar-refractivity contribution in [1.82, 2.24) is 16.0 Å². The van der Waals surface area contributed by atoms with Gasteiger partial charge in [0.25, 0.3) is 5.91 Å². The molecule has 1 aliphatic heterocycles. The van der Waals surface area contributed by atoms with Crippen molar-refractivity contribution in [2.75, 3.05) is 6.61 Å². The van der Waals surface area contributed by atoms with E-state index < -0.39 is 6.29 Å². The lowest BCUT2D eigenvalue weighted by atomic mass is 10.0. The average Bonchev–Trinajstić information content (AvgIpc) is 2.71. The van der Waals surface area contributed by atoms with Crippen LogP contribution in [0.25, 0.3) is 0 Å². The number of halogens is 2. The highest BCUT2D eigenvalue weighted by Crippen LogP contribution is 2.22. The number of carbonyl (C=O) groups excluding carboxylic acids is 2. The van der Waals surface area contributed by atoms with Crippen LogP contribution in [0.15, 0.2) is 29.5 Å². The van der Waals surface area contributed by atoms with E-state index in [1.54, 1.807) is 12.1 Å².